The normalized spacial score (nSPS) is 11.9. The first-order valence-electron chi connectivity index (χ1n) is 12.6. The van der Waals surface area contributed by atoms with Gasteiger partial charge >= 0.3 is 1.43 Å². The minimum Gasteiger partial charge on any atom is -0.759 e. The average Bonchev–Trinajstić information content (AvgIpc) is 2.64. The number of rotatable bonds is 20. The molecule has 0 spiro atoms. The highest BCUT2D eigenvalue weighted by Gasteiger charge is 2.13. The molecule has 0 atom stereocenters. The van der Waals surface area contributed by atoms with E-state index in [1.807, 2.05) is 0 Å². The van der Waals surface area contributed by atoms with Crippen molar-refractivity contribution in [3.05, 3.63) is 0 Å². The quantitative estimate of drug-likeness (QED) is 0.0872. The van der Waals surface area contributed by atoms with Gasteiger partial charge in [0.15, 0.2) is 0 Å². The minimum absolute atomic E-state index is 0. The summed E-state index contributed by atoms with van der Waals surface area (Å²) in [5.74, 6) is 0. The number of hydrogen-bond acceptors (Lipinski definition) is 4. The topological polar surface area (TPSA) is 80.3 Å². The first-order chi connectivity index (χ1) is 14.1. The van der Waals surface area contributed by atoms with E-state index in [-0.39, 0.29) is 1.43 Å². The molecule has 5 nitrogen and oxygen atoms in total. The highest BCUT2D eigenvalue weighted by Crippen LogP contribution is 2.13. The summed E-state index contributed by atoms with van der Waals surface area (Å²) in [5, 5.41) is 0. The van der Waals surface area contributed by atoms with E-state index in [0.29, 0.717) is 0 Å². The molecule has 6 heteroatoms. The highest BCUT2D eigenvalue weighted by atomic mass is 32.3. The van der Waals surface area contributed by atoms with Crippen LogP contribution in [-0.2, 0) is 10.4 Å². The van der Waals surface area contributed by atoms with Gasteiger partial charge < -0.3 is 13.6 Å². The Morgan fingerprint density at radius 1 is 0.533 bits per heavy atom. The minimum atomic E-state index is -5.17. The van der Waals surface area contributed by atoms with Crippen LogP contribution in [0.3, 0.4) is 0 Å². The van der Waals surface area contributed by atoms with Crippen LogP contribution in [0.15, 0.2) is 0 Å². The van der Waals surface area contributed by atoms with Gasteiger partial charge in [0.05, 0.1) is 27.2 Å². The molecule has 0 aliphatic heterocycles. The molecule has 0 aromatic carbocycles. The second-order valence-electron chi connectivity index (χ2n) is 9.45. The summed E-state index contributed by atoms with van der Waals surface area (Å²) < 4.78 is 35.3. The van der Waals surface area contributed by atoms with Gasteiger partial charge in [-0.2, -0.15) is 0 Å². The fourth-order valence-corrected chi connectivity index (χ4v) is 3.81. The molecule has 0 bridgehead atoms. The highest BCUT2D eigenvalue weighted by molar-refractivity contribution is 7.79. The van der Waals surface area contributed by atoms with Crippen molar-refractivity contribution in [3.8, 4) is 0 Å². The molecule has 0 radical (unpaired) electrons. The molecule has 0 unspecified atom stereocenters. The number of hydrogen-bond donors (Lipinski definition) is 0. The Morgan fingerprint density at radius 2 is 0.733 bits per heavy atom. The van der Waals surface area contributed by atoms with Gasteiger partial charge in [-0.1, -0.05) is 104 Å². The van der Waals surface area contributed by atoms with Crippen molar-refractivity contribution >= 4 is 10.4 Å². The van der Waals surface area contributed by atoms with Crippen LogP contribution in [0.2, 0.25) is 0 Å². The lowest BCUT2D eigenvalue weighted by molar-refractivity contribution is -0.890. The third-order valence-corrected chi connectivity index (χ3v) is 5.73. The van der Waals surface area contributed by atoms with Crippen molar-refractivity contribution in [1.82, 2.24) is 0 Å². The third kappa shape index (κ3) is 35.3. The smallest absolute Gasteiger partial charge is 0.759 e. The second-order valence-corrected chi connectivity index (χ2v) is 10.3. The zero-order chi connectivity index (χ0) is 23.1. The van der Waals surface area contributed by atoms with Gasteiger partial charge in [0, 0.05) is 10.4 Å². The van der Waals surface area contributed by atoms with Gasteiger partial charge in [-0.05, 0) is 25.7 Å². The largest absolute Gasteiger partial charge is 1.00 e. The van der Waals surface area contributed by atoms with Crippen LogP contribution in [0.25, 0.3) is 0 Å². The Kier molecular flexibility index (Phi) is 23.5. The molecule has 0 aromatic heterocycles. The zero-order valence-electron chi connectivity index (χ0n) is 21.6. The van der Waals surface area contributed by atoms with Crippen molar-refractivity contribution in [2.45, 2.75) is 129 Å². The summed E-state index contributed by atoms with van der Waals surface area (Å²) in [7, 11) is -0.287. The Morgan fingerprint density at radius 3 is 0.967 bits per heavy atom. The van der Waals surface area contributed by atoms with Crippen LogP contribution in [0.1, 0.15) is 131 Å². The lowest BCUT2D eigenvalue weighted by Crippen LogP contribution is -2.41. The standard InChI is InChI=1S/C24H52N.H2O4S/c1-5-7-9-11-13-15-17-19-21-23-25(3,4)24-22-20-18-16-14-12-10-8-6-2;1-5(2,3)4/h5-24H2,1-4H3;(H2,1,2,3,4)/q+1;/p-1. The van der Waals surface area contributed by atoms with Gasteiger partial charge in [-0.15, -0.1) is 0 Å². The summed E-state index contributed by atoms with van der Waals surface area (Å²) in [6.07, 6.45) is 26.0. The molecule has 0 aromatic rings. The Balaban J connectivity index is -0.00000116. The summed E-state index contributed by atoms with van der Waals surface area (Å²) in [6.45, 7) is 7.36. The van der Waals surface area contributed by atoms with Crippen LogP contribution in [0.5, 0.6) is 0 Å². The van der Waals surface area contributed by atoms with Crippen molar-refractivity contribution in [2.75, 3.05) is 27.2 Å². The second kappa shape index (κ2) is 22.0. The Labute approximate surface area is 190 Å². The molecule has 0 rings (SSSR count). The zero-order valence-corrected chi connectivity index (χ0v) is 21.4. The molecular weight excluding hydrogens is 398 g/mol. The summed E-state index contributed by atoms with van der Waals surface area (Å²) >= 11 is 0. The van der Waals surface area contributed by atoms with E-state index in [4.69, 9.17) is 17.5 Å². The first-order valence-corrected chi connectivity index (χ1v) is 13.9. The van der Waals surface area contributed by atoms with E-state index >= 15 is 0 Å². The maximum Gasteiger partial charge on any atom is 1.00 e. The van der Waals surface area contributed by atoms with E-state index in [9.17, 15) is 0 Å². The Bertz CT molecular complexity index is 413. The summed E-state index contributed by atoms with van der Waals surface area (Å²) in [6, 6.07) is 0. The molecule has 30 heavy (non-hydrogen) atoms. The molecule has 0 saturated carbocycles. The van der Waals surface area contributed by atoms with Crippen LogP contribution in [-0.4, -0.2) is 49.2 Å². The molecule has 184 valence electrons. The van der Waals surface area contributed by atoms with Crippen LogP contribution < -0.4 is 0 Å². The first kappa shape index (κ1) is 32.0. The molecule has 0 heterocycles. The van der Waals surface area contributed by atoms with E-state index in [1.165, 1.54) is 133 Å². The molecule has 0 fully saturated rings. The fourth-order valence-electron chi connectivity index (χ4n) is 3.81. The van der Waals surface area contributed by atoms with E-state index < -0.39 is 10.4 Å². The van der Waals surface area contributed by atoms with Crippen molar-refractivity contribution in [2.24, 2.45) is 0 Å². The maximum absolute atomic E-state index is 8.52. The molecule has 0 saturated heterocycles. The van der Waals surface area contributed by atoms with Gasteiger partial charge in [-0.3, -0.25) is 8.42 Å². The monoisotopic (exact) mass is 451 g/mol. The van der Waals surface area contributed by atoms with Crippen LogP contribution in [0, 0.1) is 0 Å². The number of nitrogens with zero attached hydrogens (tertiary/aromatic N) is 1. The predicted octanol–water partition coefficient (Wildman–Crippen LogP) is 6.90. The van der Waals surface area contributed by atoms with Crippen LogP contribution >= 0.6 is 0 Å². The van der Waals surface area contributed by atoms with Gasteiger partial charge in [0.2, 0.25) is 0 Å². The van der Waals surface area contributed by atoms with E-state index in [2.05, 4.69) is 27.9 Å². The summed E-state index contributed by atoms with van der Waals surface area (Å²) in [4.78, 5) is 0. The lowest BCUT2D eigenvalue weighted by Gasteiger charge is -2.30. The maximum atomic E-state index is 8.52. The molecule has 0 aliphatic carbocycles. The number of quaternary nitrogens is 1. The third-order valence-electron chi connectivity index (χ3n) is 5.73. The van der Waals surface area contributed by atoms with Gasteiger partial charge in [-0.25, -0.2) is 0 Å². The average molecular weight is 452 g/mol. The van der Waals surface area contributed by atoms with Crippen molar-refractivity contribution in [1.29, 1.82) is 0 Å². The summed E-state index contributed by atoms with van der Waals surface area (Å²) in [5.41, 5.74) is 0. The molecule has 0 N–H and O–H groups in total. The van der Waals surface area contributed by atoms with Gasteiger partial charge in [0.1, 0.15) is 0 Å². The molecule has 0 amide bonds. The SMILES string of the molecule is CCCCCCCCCCC[N+](C)(C)CCCCCCCCCCC.O=S(=O)([O-])[O-].[H+]. The number of unbranched alkanes of at least 4 members (excludes halogenated alkanes) is 16. The lowest BCUT2D eigenvalue weighted by atomic mass is 10.1. The molecular formula is C24H53NO4S. The molecule has 0 aliphatic rings. The van der Waals surface area contributed by atoms with Gasteiger partial charge in [0.25, 0.3) is 0 Å². The Hall–Kier alpha value is -0.170. The van der Waals surface area contributed by atoms with Crippen LogP contribution in [0.4, 0.5) is 0 Å². The predicted molar refractivity (Wildman–Crippen MR) is 128 cm³/mol. The van der Waals surface area contributed by atoms with Crippen molar-refractivity contribution < 1.29 is 23.4 Å². The fraction of sp³-hybridized carbons (Fsp3) is 1.00. The van der Waals surface area contributed by atoms with Crippen molar-refractivity contribution in [3.63, 3.8) is 0 Å². The van der Waals surface area contributed by atoms with E-state index in [1.54, 1.807) is 0 Å². The van der Waals surface area contributed by atoms with E-state index in [0.717, 1.165) is 0 Å².